The van der Waals surface area contributed by atoms with Crippen molar-refractivity contribution in [3.63, 3.8) is 0 Å². The van der Waals surface area contributed by atoms with Crippen molar-refractivity contribution in [3.8, 4) is 11.5 Å². The van der Waals surface area contributed by atoms with Crippen LogP contribution in [0.5, 0.6) is 0 Å². The molecule has 1 amide bonds. The Balaban J connectivity index is 1.85. The van der Waals surface area contributed by atoms with E-state index in [2.05, 4.69) is 10.4 Å². The van der Waals surface area contributed by atoms with Crippen molar-refractivity contribution in [2.75, 3.05) is 5.32 Å². The highest BCUT2D eigenvalue weighted by molar-refractivity contribution is 6.08. The van der Waals surface area contributed by atoms with E-state index < -0.39 is 0 Å². The van der Waals surface area contributed by atoms with Gasteiger partial charge in [-0.15, -0.1) is 0 Å². The van der Waals surface area contributed by atoms with Gasteiger partial charge in [0.1, 0.15) is 11.4 Å². The van der Waals surface area contributed by atoms with E-state index in [1.807, 2.05) is 61.1 Å². The molecule has 146 valence electrons. The number of hydrogen-bond acceptors (Lipinski definition) is 2. The molecule has 0 aliphatic carbocycles. The molecule has 0 spiro atoms. The summed E-state index contributed by atoms with van der Waals surface area (Å²) in [5.74, 6) is 0.0351. The number of aromatic nitrogens is 3. The molecule has 0 saturated heterocycles. The molecular weight excluding hydrogens is 367 g/mol. The van der Waals surface area contributed by atoms with Crippen molar-refractivity contribution in [2.45, 2.75) is 20.8 Å². The van der Waals surface area contributed by atoms with Crippen LogP contribution in [0.3, 0.4) is 0 Å². The van der Waals surface area contributed by atoms with E-state index in [-0.39, 0.29) is 11.7 Å². The molecule has 0 saturated carbocycles. The molecule has 0 fully saturated rings. The Kier molecular flexibility index (Phi) is 4.76. The van der Waals surface area contributed by atoms with Crippen LogP contribution in [0, 0.1) is 26.6 Å². The van der Waals surface area contributed by atoms with Crippen LogP contribution in [-0.4, -0.2) is 20.3 Å². The van der Waals surface area contributed by atoms with Gasteiger partial charge in [0.2, 0.25) is 0 Å². The lowest BCUT2D eigenvalue weighted by Gasteiger charge is -2.14. The first-order valence-corrected chi connectivity index (χ1v) is 9.32. The number of nitrogens with one attached hydrogen (secondary N) is 1. The number of nitrogens with zero attached hydrogens (tertiary/aromatic N) is 3. The zero-order valence-corrected chi connectivity index (χ0v) is 16.5. The molecule has 2 heterocycles. The Bertz CT molecular complexity index is 1150. The number of carbonyl (C=O) groups excluding carboxylic acids is 1. The second-order valence-electron chi connectivity index (χ2n) is 6.98. The first-order valence-electron chi connectivity index (χ1n) is 9.32. The molecule has 2 aromatic carbocycles. The lowest BCUT2D eigenvalue weighted by Crippen LogP contribution is -2.17. The molecule has 0 atom stereocenters. The van der Waals surface area contributed by atoms with Crippen LogP contribution in [0.4, 0.5) is 10.1 Å². The Morgan fingerprint density at radius 1 is 0.931 bits per heavy atom. The van der Waals surface area contributed by atoms with E-state index in [0.717, 1.165) is 16.8 Å². The number of para-hydroxylation sites is 1. The van der Waals surface area contributed by atoms with Crippen molar-refractivity contribution in [2.24, 2.45) is 0 Å². The minimum Gasteiger partial charge on any atom is -0.321 e. The minimum atomic E-state index is -0.326. The maximum atomic E-state index is 13.4. The Hall–Kier alpha value is -3.67. The van der Waals surface area contributed by atoms with Gasteiger partial charge in [0.25, 0.3) is 5.91 Å². The smallest absolute Gasteiger partial charge is 0.261 e. The predicted octanol–water partition coefficient (Wildman–Crippen LogP) is 4.98. The van der Waals surface area contributed by atoms with Crippen LogP contribution in [0.1, 0.15) is 27.2 Å². The predicted molar refractivity (Wildman–Crippen MR) is 111 cm³/mol. The van der Waals surface area contributed by atoms with Crippen molar-refractivity contribution >= 4 is 11.6 Å². The van der Waals surface area contributed by atoms with Crippen LogP contribution in [0.15, 0.2) is 67.0 Å². The lowest BCUT2D eigenvalue weighted by molar-refractivity contribution is 0.102. The number of hydrogen-bond donors (Lipinski definition) is 1. The summed E-state index contributed by atoms with van der Waals surface area (Å²) >= 11 is 0. The fourth-order valence-corrected chi connectivity index (χ4v) is 3.45. The van der Waals surface area contributed by atoms with Gasteiger partial charge in [-0.2, -0.15) is 5.10 Å². The quantitative estimate of drug-likeness (QED) is 0.536. The Labute approximate surface area is 168 Å². The fourth-order valence-electron chi connectivity index (χ4n) is 3.45. The summed E-state index contributed by atoms with van der Waals surface area (Å²) in [6.45, 7) is 5.72. The highest BCUT2D eigenvalue weighted by Gasteiger charge is 2.24. The number of halogens is 1. The molecule has 29 heavy (non-hydrogen) atoms. The molecule has 4 rings (SSSR count). The zero-order chi connectivity index (χ0) is 20.5. The van der Waals surface area contributed by atoms with Crippen LogP contribution >= 0.6 is 0 Å². The first-order chi connectivity index (χ1) is 14.0. The van der Waals surface area contributed by atoms with Crippen LogP contribution in [0.2, 0.25) is 0 Å². The molecule has 1 N–H and O–H groups in total. The molecule has 5 nitrogen and oxygen atoms in total. The topological polar surface area (TPSA) is 51.9 Å². The van der Waals surface area contributed by atoms with Gasteiger partial charge in [-0.1, -0.05) is 18.2 Å². The van der Waals surface area contributed by atoms with E-state index in [9.17, 15) is 9.18 Å². The summed E-state index contributed by atoms with van der Waals surface area (Å²) in [5.41, 5.74) is 4.50. The van der Waals surface area contributed by atoms with Crippen LogP contribution in [0.25, 0.3) is 11.5 Å². The van der Waals surface area contributed by atoms with Gasteiger partial charge in [0.15, 0.2) is 5.82 Å². The van der Waals surface area contributed by atoms with Crippen molar-refractivity contribution in [3.05, 3.63) is 95.2 Å². The van der Waals surface area contributed by atoms with Crippen LogP contribution < -0.4 is 5.32 Å². The summed E-state index contributed by atoms with van der Waals surface area (Å²) in [6, 6.07) is 15.7. The van der Waals surface area contributed by atoms with Crippen molar-refractivity contribution in [1.82, 2.24) is 14.3 Å². The highest BCUT2D eigenvalue weighted by atomic mass is 19.1. The number of rotatable bonds is 4. The molecule has 6 heteroatoms. The maximum absolute atomic E-state index is 13.4. The largest absolute Gasteiger partial charge is 0.321 e. The van der Waals surface area contributed by atoms with Crippen molar-refractivity contribution in [1.29, 1.82) is 0 Å². The fraction of sp³-hybridized carbons (Fsp3) is 0.130. The second kappa shape index (κ2) is 7.39. The Morgan fingerprint density at radius 2 is 1.55 bits per heavy atom. The lowest BCUT2D eigenvalue weighted by atomic mass is 10.1. The van der Waals surface area contributed by atoms with Gasteiger partial charge in [-0.05, 0) is 68.3 Å². The SMILES string of the molecule is Cc1cccc(C)c1NC(=O)c1c(C)nn(-c2ccc(F)cc2)c1-n1cccc1. The van der Waals surface area contributed by atoms with E-state index >= 15 is 0 Å². The third-order valence-corrected chi connectivity index (χ3v) is 4.90. The van der Waals surface area contributed by atoms with Gasteiger partial charge >= 0.3 is 0 Å². The van der Waals surface area contributed by atoms with Gasteiger partial charge in [0.05, 0.1) is 11.4 Å². The molecule has 0 unspecified atom stereocenters. The normalized spacial score (nSPS) is 10.9. The number of anilines is 1. The molecular formula is C23H21FN4O. The molecule has 0 aliphatic heterocycles. The monoisotopic (exact) mass is 388 g/mol. The van der Waals surface area contributed by atoms with Crippen molar-refractivity contribution < 1.29 is 9.18 Å². The van der Waals surface area contributed by atoms with E-state index in [0.29, 0.717) is 22.8 Å². The Morgan fingerprint density at radius 3 is 2.17 bits per heavy atom. The van der Waals surface area contributed by atoms with Crippen LogP contribution in [-0.2, 0) is 0 Å². The minimum absolute atomic E-state index is 0.239. The molecule has 4 aromatic rings. The number of carbonyl (C=O) groups is 1. The summed E-state index contributed by atoms with van der Waals surface area (Å²) < 4.78 is 16.9. The number of amides is 1. The standard InChI is InChI=1S/C23H21FN4O/c1-15-7-6-8-16(2)21(15)25-22(29)20-17(3)26-28(19-11-9-18(24)10-12-19)23(20)27-13-4-5-14-27/h4-14H,1-3H3,(H,25,29). The summed E-state index contributed by atoms with van der Waals surface area (Å²) in [5, 5.41) is 7.63. The van der Waals surface area contributed by atoms with Gasteiger partial charge < -0.3 is 9.88 Å². The van der Waals surface area contributed by atoms with E-state index in [1.165, 1.54) is 12.1 Å². The van der Waals surface area contributed by atoms with Gasteiger partial charge in [0, 0.05) is 18.1 Å². The molecule has 2 aromatic heterocycles. The highest BCUT2D eigenvalue weighted by Crippen LogP contribution is 2.26. The van der Waals surface area contributed by atoms with E-state index in [4.69, 9.17) is 0 Å². The summed E-state index contributed by atoms with van der Waals surface area (Å²) in [4.78, 5) is 13.3. The second-order valence-corrected chi connectivity index (χ2v) is 6.98. The average Bonchev–Trinajstić information content (AvgIpc) is 3.33. The van der Waals surface area contributed by atoms with E-state index in [1.54, 1.807) is 23.7 Å². The molecule has 0 radical (unpaired) electrons. The zero-order valence-electron chi connectivity index (χ0n) is 16.5. The number of benzene rings is 2. The van der Waals surface area contributed by atoms with Gasteiger partial charge in [-0.25, -0.2) is 9.07 Å². The summed E-state index contributed by atoms with van der Waals surface area (Å²) in [6.07, 6.45) is 3.71. The van der Waals surface area contributed by atoms with Gasteiger partial charge in [-0.3, -0.25) is 4.79 Å². The molecule has 0 aliphatic rings. The number of aryl methyl sites for hydroxylation is 3. The third kappa shape index (κ3) is 3.45. The maximum Gasteiger partial charge on any atom is 0.261 e. The molecule has 0 bridgehead atoms. The first kappa shape index (κ1) is 18.7. The average molecular weight is 388 g/mol. The third-order valence-electron chi connectivity index (χ3n) is 4.90. The summed E-state index contributed by atoms with van der Waals surface area (Å²) in [7, 11) is 0.